The standard InChI is InChI=1S/C18H21ClN2O2/c1-12-10-13(2)18(14(19)11-12)20-9-8-17(22)21-15-6-4-5-7-16(15)23-3/h4-7,10-11,20H,8-9H2,1-3H3,(H,21,22). The van der Waals surface area contributed by atoms with Crippen molar-refractivity contribution in [1.29, 1.82) is 0 Å². The van der Waals surface area contributed by atoms with Crippen LogP contribution in [0.3, 0.4) is 0 Å². The van der Waals surface area contributed by atoms with Crippen molar-refractivity contribution < 1.29 is 9.53 Å². The number of amides is 1. The smallest absolute Gasteiger partial charge is 0.226 e. The van der Waals surface area contributed by atoms with E-state index in [2.05, 4.69) is 16.7 Å². The number of hydrogen-bond acceptors (Lipinski definition) is 3. The zero-order valence-corrected chi connectivity index (χ0v) is 14.3. The van der Waals surface area contributed by atoms with E-state index in [4.69, 9.17) is 16.3 Å². The van der Waals surface area contributed by atoms with Gasteiger partial charge in [0.1, 0.15) is 5.75 Å². The molecule has 0 aromatic heterocycles. The van der Waals surface area contributed by atoms with E-state index in [-0.39, 0.29) is 5.91 Å². The lowest BCUT2D eigenvalue weighted by molar-refractivity contribution is -0.116. The van der Waals surface area contributed by atoms with Gasteiger partial charge in [-0.3, -0.25) is 4.79 Å². The van der Waals surface area contributed by atoms with Crippen molar-refractivity contribution in [3.05, 3.63) is 52.5 Å². The number of ether oxygens (including phenoxy) is 1. The molecular weight excluding hydrogens is 312 g/mol. The third-order valence-electron chi connectivity index (χ3n) is 3.47. The van der Waals surface area contributed by atoms with E-state index < -0.39 is 0 Å². The first-order valence-corrected chi connectivity index (χ1v) is 7.82. The van der Waals surface area contributed by atoms with Gasteiger partial charge in [-0.25, -0.2) is 0 Å². The first-order valence-electron chi connectivity index (χ1n) is 7.44. The maximum Gasteiger partial charge on any atom is 0.226 e. The third-order valence-corrected chi connectivity index (χ3v) is 3.76. The summed E-state index contributed by atoms with van der Waals surface area (Å²) in [5.41, 5.74) is 3.74. The van der Waals surface area contributed by atoms with E-state index in [9.17, 15) is 4.79 Å². The van der Waals surface area contributed by atoms with Gasteiger partial charge >= 0.3 is 0 Å². The Morgan fingerprint density at radius 2 is 1.96 bits per heavy atom. The minimum Gasteiger partial charge on any atom is -0.495 e. The maximum absolute atomic E-state index is 12.1. The number of carbonyl (C=O) groups excluding carboxylic acids is 1. The van der Waals surface area contributed by atoms with E-state index in [1.807, 2.05) is 44.2 Å². The van der Waals surface area contributed by atoms with Crippen molar-refractivity contribution >= 4 is 28.9 Å². The van der Waals surface area contributed by atoms with Gasteiger partial charge in [0.25, 0.3) is 0 Å². The number of aryl methyl sites for hydroxylation is 2. The van der Waals surface area contributed by atoms with Crippen LogP contribution in [0.25, 0.3) is 0 Å². The summed E-state index contributed by atoms with van der Waals surface area (Å²) in [6.45, 7) is 4.50. The number of para-hydroxylation sites is 2. The molecule has 2 N–H and O–H groups in total. The Morgan fingerprint density at radius 3 is 2.65 bits per heavy atom. The van der Waals surface area contributed by atoms with Gasteiger partial charge in [-0.15, -0.1) is 0 Å². The Bertz CT molecular complexity index is 678. The van der Waals surface area contributed by atoms with Gasteiger partial charge in [-0.05, 0) is 43.2 Å². The monoisotopic (exact) mass is 332 g/mol. The average Bonchev–Trinajstić information content (AvgIpc) is 2.50. The van der Waals surface area contributed by atoms with E-state index >= 15 is 0 Å². The van der Waals surface area contributed by atoms with Crippen LogP contribution >= 0.6 is 11.6 Å². The molecule has 1 amide bonds. The number of halogens is 1. The SMILES string of the molecule is COc1ccccc1NC(=O)CCNc1c(C)cc(C)cc1Cl. The highest BCUT2D eigenvalue weighted by Gasteiger charge is 2.08. The van der Waals surface area contributed by atoms with Crippen LogP contribution in [0.2, 0.25) is 5.02 Å². The van der Waals surface area contributed by atoms with Crippen LogP contribution in [-0.2, 0) is 4.79 Å². The molecule has 0 unspecified atom stereocenters. The van der Waals surface area contributed by atoms with E-state index in [1.165, 1.54) is 0 Å². The summed E-state index contributed by atoms with van der Waals surface area (Å²) in [5, 5.41) is 6.75. The minimum atomic E-state index is -0.0807. The molecule has 2 rings (SSSR count). The number of nitrogens with one attached hydrogen (secondary N) is 2. The zero-order chi connectivity index (χ0) is 16.8. The van der Waals surface area contributed by atoms with Crippen molar-refractivity contribution in [3.8, 4) is 5.75 Å². The van der Waals surface area contributed by atoms with Gasteiger partial charge in [0, 0.05) is 13.0 Å². The lowest BCUT2D eigenvalue weighted by atomic mass is 10.1. The Labute approximate surface area is 141 Å². The fourth-order valence-electron chi connectivity index (χ4n) is 2.40. The van der Waals surface area contributed by atoms with Crippen LogP contribution in [-0.4, -0.2) is 19.6 Å². The maximum atomic E-state index is 12.1. The van der Waals surface area contributed by atoms with Gasteiger partial charge in [0.15, 0.2) is 0 Å². The lowest BCUT2D eigenvalue weighted by Gasteiger charge is -2.13. The number of anilines is 2. The largest absolute Gasteiger partial charge is 0.495 e. The van der Waals surface area contributed by atoms with Gasteiger partial charge in [-0.1, -0.05) is 29.8 Å². The number of benzene rings is 2. The van der Waals surface area contributed by atoms with Crippen molar-refractivity contribution in [1.82, 2.24) is 0 Å². The summed E-state index contributed by atoms with van der Waals surface area (Å²) >= 11 is 6.24. The molecule has 0 bridgehead atoms. The summed E-state index contributed by atoms with van der Waals surface area (Å²) in [5.74, 6) is 0.564. The van der Waals surface area contributed by atoms with Gasteiger partial charge in [0.2, 0.25) is 5.91 Å². The summed E-state index contributed by atoms with van der Waals surface area (Å²) in [6.07, 6.45) is 0.335. The molecule has 0 aliphatic rings. The molecule has 0 radical (unpaired) electrons. The van der Waals surface area contributed by atoms with Gasteiger partial charge in [-0.2, -0.15) is 0 Å². The Balaban J connectivity index is 1.90. The fourth-order valence-corrected chi connectivity index (χ4v) is 2.79. The second-order valence-corrected chi connectivity index (χ2v) is 5.77. The Hall–Kier alpha value is -2.20. The Morgan fingerprint density at radius 1 is 1.22 bits per heavy atom. The molecule has 0 aliphatic carbocycles. The van der Waals surface area contributed by atoms with Crippen molar-refractivity contribution in [2.24, 2.45) is 0 Å². The van der Waals surface area contributed by atoms with Crippen LogP contribution in [0.1, 0.15) is 17.5 Å². The lowest BCUT2D eigenvalue weighted by Crippen LogP contribution is -2.17. The van der Waals surface area contributed by atoms with Gasteiger partial charge < -0.3 is 15.4 Å². The Kier molecular flexibility index (Phi) is 5.88. The molecule has 0 aliphatic heterocycles. The predicted molar refractivity (Wildman–Crippen MR) is 95.7 cm³/mol. The molecule has 4 nitrogen and oxygen atoms in total. The number of methoxy groups -OCH3 is 1. The molecule has 0 saturated carbocycles. The number of rotatable bonds is 6. The average molecular weight is 333 g/mol. The highest BCUT2D eigenvalue weighted by Crippen LogP contribution is 2.27. The first kappa shape index (κ1) is 17.2. The molecule has 122 valence electrons. The molecule has 0 atom stereocenters. The predicted octanol–water partition coefficient (Wildman–Crippen LogP) is 4.41. The van der Waals surface area contributed by atoms with E-state index in [0.717, 1.165) is 16.8 Å². The molecule has 23 heavy (non-hydrogen) atoms. The highest BCUT2D eigenvalue weighted by molar-refractivity contribution is 6.33. The normalized spacial score (nSPS) is 10.3. The third kappa shape index (κ3) is 4.63. The number of hydrogen-bond donors (Lipinski definition) is 2. The summed E-state index contributed by atoms with van der Waals surface area (Å²) in [4.78, 5) is 12.1. The highest BCUT2D eigenvalue weighted by atomic mass is 35.5. The second kappa shape index (κ2) is 7.88. The van der Waals surface area contributed by atoms with E-state index in [1.54, 1.807) is 7.11 Å². The second-order valence-electron chi connectivity index (χ2n) is 5.36. The van der Waals surface area contributed by atoms with Crippen LogP contribution in [0.15, 0.2) is 36.4 Å². The van der Waals surface area contributed by atoms with Crippen LogP contribution < -0.4 is 15.4 Å². The van der Waals surface area contributed by atoms with Crippen LogP contribution in [0.4, 0.5) is 11.4 Å². The van der Waals surface area contributed by atoms with Crippen LogP contribution in [0, 0.1) is 13.8 Å². The number of carbonyl (C=O) groups is 1. The molecule has 5 heteroatoms. The van der Waals surface area contributed by atoms with Crippen molar-refractivity contribution in [2.75, 3.05) is 24.3 Å². The summed E-state index contributed by atoms with van der Waals surface area (Å²) in [6, 6.07) is 11.3. The van der Waals surface area contributed by atoms with Gasteiger partial charge in [0.05, 0.1) is 23.5 Å². The van der Waals surface area contributed by atoms with Crippen LogP contribution in [0.5, 0.6) is 5.75 Å². The molecular formula is C18H21ClN2O2. The molecule has 2 aromatic carbocycles. The topological polar surface area (TPSA) is 50.4 Å². The fraction of sp³-hybridized carbons (Fsp3) is 0.278. The molecule has 0 saturated heterocycles. The first-order chi connectivity index (χ1) is 11.0. The molecule has 0 fully saturated rings. The summed E-state index contributed by atoms with van der Waals surface area (Å²) < 4.78 is 5.21. The quantitative estimate of drug-likeness (QED) is 0.824. The zero-order valence-electron chi connectivity index (χ0n) is 13.6. The minimum absolute atomic E-state index is 0.0807. The molecule has 0 heterocycles. The van der Waals surface area contributed by atoms with E-state index in [0.29, 0.717) is 29.4 Å². The summed E-state index contributed by atoms with van der Waals surface area (Å²) in [7, 11) is 1.58. The van der Waals surface area contributed by atoms with Crippen molar-refractivity contribution in [2.45, 2.75) is 20.3 Å². The molecule has 0 spiro atoms. The van der Waals surface area contributed by atoms with Crippen molar-refractivity contribution in [3.63, 3.8) is 0 Å². The molecule has 2 aromatic rings.